The van der Waals surface area contributed by atoms with Crippen molar-refractivity contribution in [3.63, 3.8) is 0 Å². The van der Waals surface area contributed by atoms with Crippen LogP contribution in [-0.2, 0) is 9.59 Å². The molecule has 21 heavy (non-hydrogen) atoms. The third-order valence-corrected chi connectivity index (χ3v) is 5.60. The van der Waals surface area contributed by atoms with E-state index in [1.54, 1.807) is 6.08 Å². The maximum atomic E-state index is 12.7. The van der Waals surface area contributed by atoms with Gasteiger partial charge >= 0.3 is 0 Å². The molecule has 2 atom stereocenters. The van der Waals surface area contributed by atoms with E-state index in [2.05, 4.69) is 13.5 Å². The van der Waals surface area contributed by atoms with E-state index >= 15 is 0 Å². The van der Waals surface area contributed by atoms with E-state index in [0.29, 0.717) is 6.54 Å². The van der Waals surface area contributed by atoms with Crippen LogP contribution in [0, 0.1) is 11.3 Å². The minimum absolute atomic E-state index is 0.0324. The van der Waals surface area contributed by atoms with Crippen molar-refractivity contribution in [2.45, 2.75) is 58.3 Å². The largest absolute Gasteiger partial charge is 0.274 e. The van der Waals surface area contributed by atoms with Gasteiger partial charge in [0.15, 0.2) is 0 Å². The van der Waals surface area contributed by atoms with Crippen molar-refractivity contribution in [3.8, 4) is 0 Å². The van der Waals surface area contributed by atoms with E-state index in [9.17, 15) is 9.59 Å². The van der Waals surface area contributed by atoms with Crippen molar-refractivity contribution in [1.29, 1.82) is 0 Å². The molecule has 0 aromatic carbocycles. The van der Waals surface area contributed by atoms with Gasteiger partial charge in [-0.1, -0.05) is 44.3 Å². The molecule has 1 saturated carbocycles. The summed E-state index contributed by atoms with van der Waals surface area (Å²) in [7, 11) is 0. The molecule has 2 aliphatic carbocycles. The number of allylic oxidation sites excluding steroid dienone is 1. The molecule has 114 valence electrons. The van der Waals surface area contributed by atoms with Crippen LogP contribution in [0.1, 0.15) is 58.3 Å². The first-order valence-corrected chi connectivity index (χ1v) is 8.33. The molecule has 2 bridgehead atoms. The van der Waals surface area contributed by atoms with E-state index in [0.717, 1.165) is 31.3 Å². The third kappa shape index (κ3) is 2.09. The van der Waals surface area contributed by atoms with Crippen LogP contribution in [0.15, 0.2) is 23.8 Å². The number of unbranched alkanes of at least 4 members (excludes halogenated alkanes) is 3. The van der Waals surface area contributed by atoms with Crippen LogP contribution in [-0.4, -0.2) is 23.3 Å². The standard InChI is InChI=1S/C18H25NO2/c1-3-5-6-7-9-18-10-8-13(12-18)14-15(18)17(21)19(11-4-2)16(14)20/h4,15H,2-3,5-12H2,1H3. The SMILES string of the molecule is C=CCN1C(=O)C2=C3CCC(CCCCCC)(C3)C2C1=O. The second-order valence-corrected chi connectivity index (χ2v) is 6.84. The smallest absolute Gasteiger partial charge is 0.257 e. The van der Waals surface area contributed by atoms with Crippen LogP contribution >= 0.6 is 0 Å². The highest BCUT2D eigenvalue weighted by Crippen LogP contribution is 2.62. The summed E-state index contributed by atoms with van der Waals surface area (Å²) in [5.74, 6) is -0.120. The molecular formula is C18H25NO2. The molecule has 3 aliphatic rings. The second-order valence-electron chi connectivity index (χ2n) is 6.84. The lowest BCUT2D eigenvalue weighted by atomic mass is 9.70. The number of hydrogen-bond donors (Lipinski definition) is 0. The Morgan fingerprint density at radius 2 is 2.14 bits per heavy atom. The molecule has 3 rings (SSSR count). The van der Waals surface area contributed by atoms with E-state index in [-0.39, 0.29) is 23.1 Å². The average molecular weight is 287 g/mol. The van der Waals surface area contributed by atoms with Gasteiger partial charge < -0.3 is 0 Å². The summed E-state index contributed by atoms with van der Waals surface area (Å²) >= 11 is 0. The fourth-order valence-corrected chi connectivity index (χ4v) is 4.61. The lowest BCUT2D eigenvalue weighted by Crippen LogP contribution is -2.36. The van der Waals surface area contributed by atoms with Crippen molar-refractivity contribution >= 4 is 11.8 Å². The number of imide groups is 1. The first-order valence-electron chi connectivity index (χ1n) is 8.33. The number of likely N-dealkylation sites (tertiary alicyclic amines) is 1. The maximum absolute atomic E-state index is 12.7. The zero-order valence-corrected chi connectivity index (χ0v) is 13.0. The molecule has 1 heterocycles. The first kappa shape index (κ1) is 14.6. The molecule has 2 amide bonds. The van der Waals surface area contributed by atoms with Crippen molar-refractivity contribution in [1.82, 2.24) is 4.90 Å². The molecular weight excluding hydrogens is 262 g/mol. The van der Waals surface area contributed by atoms with Gasteiger partial charge in [0.2, 0.25) is 5.91 Å². The van der Waals surface area contributed by atoms with Crippen molar-refractivity contribution in [2.75, 3.05) is 6.54 Å². The number of hydrogen-bond acceptors (Lipinski definition) is 2. The van der Waals surface area contributed by atoms with E-state index < -0.39 is 0 Å². The number of carbonyl (C=O) groups is 2. The van der Waals surface area contributed by atoms with E-state index in [1.165, 1.54) is 36.2 Å². The van der Waals surface area contributed by atoms with Crippen molar-refractivity contribution in [3.05, 3.63) is 23.8 Å². The molecule has 0 spiro atoms. The fourth-order valence-electron chi connectivity index (χ4n) is 4.61. The van der Waals surface area contributed by atoms with Gasteiger partial charge in [-0.05, 0) is 31.1 Å². The van der Waals surface area contributed by atoms with Gasteiger partial charge in [-0.3, -0.25) is 14.5 Å². The molecule has 3 heteroatoms. The normalized spacial score (nSPS) is 30.5. The Kier molecular flexibility index (Phi) is 3.76. The summed E-state index contributed by atoms with van der Waals surface area (Å²) in [6.07, 6.45) is 10.8. The average Bonchev–Trinajstić information content (AvgIpc) is 3.10. The second kappa shape index (κ2) is 5.43. The Morgan fingerprint density at radius 1 is 1.33 bits per heavy atom. The minimum atomic E-state index is -0.129. The topological polar surface area (TPSA) is 37.4 Å². The Hall–Kier alpha value is -1.38. The summed E-state index contributed by atoms with van der Waals surface area (Å²) < 4.78 is 0. The predicted octanol–water partition coefficient (Wildman–Crippen LogP) is 3.61. The van der Waals surface area contributed by atoms with Crippen LogP contribution in [0.4, 0.5) is 0 Å². The fraction of sp³-hybridized carbons (Fsp3) is 0.667. The molecule has 0 aromatic heterocycles. The van der Waals surface area contributed by atoms with E-state index in [4.69, 9.17) is 0 Å². The van der Waals surface area contributed by atoms with Crippen LogP contribution in [0.25, 0.3) is 0 Å². The van der Waals surface area contributed by atoms with Crippen LogP contribution < -0.4 is 0 Å². The summed E-state index contributed by atoms with van der Waals surface area (Å²) in [5, 5.41) is 0. The van der Waals surface area contributed by atoms with Gasteiger partial charge in [-0.15, -0.1) is 6.58 Å². The number of fused-ring (bicyclic) bond motifs is 4. The van der Waals surface area contributed by atoms with Crippen LogP contribution in [0.3, 0.4) is 0 Å². The lowest BCUT2D eigenvalue weighted by Gasteiger charge is -2.32. The minimum Gasteiger partial charge on any atom is -0.274 e. The van der Waals surface area contributed by atoms with Gasteiger partial charge in [0.1, 0.15) is 0 Å². The van der Waals surface area contributed by atoms with Crippen LogP contribution in [0.2, 0.25) is 0 Å². The molecule has 2 unspecified atom stereocenters. The predicted molar refractivity (Wildman–Crippen MR) is 82.5 cm³/mol. The van der Waals surface area contributed by atoms with E-state index in [1.807, 2.05) is 0 Å². The first-order chi connectivity index (χ1) is 10.1. The van der Waals surface area contributed by atoms with Gasteiger partial charge in [-0.25, -0.2) is 0 Å². The Balaban J connectivity index is 1.80. The molecule has 0 radical (unpaired) electrons. The monoisotopic (exact) mass is 287 g/mol. The number of nitrogens with zero attached hydrogens (tertiary/aromatic N) is 1. The number of rotatable bonds is 7. The Labute approximate surface area is 127 Å². The quantitative estimate of drug-likeness (QED) is 0.407. The molecule has 0 N–H and O–H groups in total. The molecule has 3 nitrogen and oxygen atoms in total. The van der Waals surface area contributed by atoms with Crippen LogP contribution in [0.5, 0.6) is 0 Å². The summed E-state index contributed by atoms with van der Waals surface area (Å²) in [5.41, 5.74) is 2.21. The molecule has 1 saturated heterocycles. The van der Waals surface area contributed by atoms with Gasteiger partial charge in [0.25, 0.3) is 5.91 Å². The lowest BCUT2D eigenvalue weighted by molar-refractivity contribution is -0.140. The zero-order chi connectivity index (χ0) is 15.0. The third-order valence-electron chi connectivity index (χ3n) is 5.60. The number of amides is 2. The molecule has 2 fully saturated rings. The number of carbonyl (C=O) groups excluding carboxylic acids is 2. The highest BCUT2D eigenvalue weighted by Gasteiger charge is 2.61. The Bertz CT molecular complexity index is 519. The molecule has 0 aromatic rings. The van der Waals surface area contributed by atoms with Gasteiger partial charge in [0, 0.05) is 12.1 Å². The summed E-state index contributed by atoms with van der Waals surface area (Å²) in [6.45, 7) is 6.24. The highest BCUT2D eigenvalue weighted by atomic mass is 16.2. The zero-order valence-electron chi connectivity index (χ0n) is 13.0. The Morgan fingerprint density at radius 3 is 2.86 bits per heavy atom. The summed E-state index contributed by atoms with van der Waals surface area (Å²) in [4.78, 5) is 26.6. The maximum Gasteiger partial charge on any atom is 0.257 e. The van der Waals surface area contributed by atoms with Crippen molar-refractivity contribution in [2.24, 2.45) is 11.3 Å². The molecule has 1 aliphatic heterocycles. The van der Waals surface area contributed by atoms with Crippen molar-refractivity contribution < 1.29 is 9.59 Å². The van der Waals surface area contributed by atoms with Gasteiger partial charge in [0.05, 0.1) is 5.92 Å². The summed E-state index contributed by atoms with van der Waals surface area (Å²) in [6, 6.07) is 0. The highest BCUT2D eigenvalue weighted by molar-refractivity contribution is 6.16. The van der Waals surface area contributed by atoms with Gasteiger partial charge in [-0.2, -0.15) is 0 Å².